The van der Waals surface area contributed by atoms with E-state index in [4.69, 9.17) is 32.6 Å². The van der Waals surface area contributed by atoms with Gasteiger partial charge in [-0.2, -0.15) is 0 Å². The van der Waals surface area contributed by atoms with Crippen molar-refractivity contribution >= 4 is 216 Å². The molecule has 0 N–H and O–H groups in total. The maximum Gasteiger partial charge on any atom is 0.178 e. The third-order valence-electron chi connectivity index (χ3n) is 23.8. The molecular weight excluding hydrogens is 1490 g/mol. The average Bonchev–Trinajstić information content (AvgIpc) is 1.56. The van der Waals surface area contributed by atoms with Crippen LogP contribution >= 0.6 is 22.7 Å². The third kappa shape index (κ3) is 9.88. The molecule has 0 saturated carbocycles. The second kappa shape index (κ2) is 25.9. The lowest BCUT2D eigenvalue weighted by molar-refractivity contribution is 0.633. The SMILES string of the molecule is Cc1nc(-n2c3ccccc3c3ccccc32)c(-c2ccccc2)c2c1sc1c2ccc2c3ccccc3oc21.c1ccc(-c2cc(-n3c4ccccc4c4ccccc43)nc3c2oc2c3ccc3c4ccccc4sc32)cc1.c1ccc(-c2nc(-n3c4ccccc4c4ccccc43)cc3c2oc2c3ccc3c4ccccc4oc32)cc1. The average molecular weight is 1550 g/mol. The van der Waals surface area contributed by atoms with Crippen LogP contribution in [0.25, 0.3) is 245 Å². The van der Waals surface area contributed by atoms with Gasteiger partial charge in [0.05, 0.1) is 52.9 Å². The highest BCUT2D eigenvalue weighted by Gasteiger charge is 2.28. The summed E-state index contributed by atoms with van der Waals surface area (Å²) in [4.78, 5) is 16.0. The van der Waals surface area contributed by atoms with Gasteiger partial charge in [0.1, 0.15) is 39.8 Å². The highest BCUT2D eigenvalue weighted by atomic mass is 32.1. The lowest BCUT2D eigenvalue weighted by atomic mass is 9.98. The summed E-state index contributed by atoms with van der Waals surface area (Å²) in [5.74, 6) is 2.70. The molecule has 0 aliphatic rings. The highest BCUT2D eigenvalue weighted by Crippen LogP contribution is 2.51. The number of rotatable bonds is 6. The van der Waals surface area contributed by atoms with Crippen LogP contribution in [0.5, 0.6) is 0 Å². The summed E-state index contributed by atoms with van der Waals surface area (Å²) in [5, 5.41) is 19.8. The molecule has 0 spiro atoms. The number of furan rings is 4. The van der Waals surface area contributed by atoms with Crippen LogP contribution in [0.4, 0.5) is 0 Å². The topological polar surface area (TPSA) is 106 Å². The maximum absolute atomic E-state index is 6.77. The number of fused-ring (bicyclic) bond motifs is 30. The van der Waals surface area contributed by atoms with Crippen molar-refractivity contribution in [3.63, 3.8) is 0 Å². The Morgan fingerprint density at radius 1 is 0.254 bits per heavy atom. The number of hydrogen-bond donors (Lipinski definition) is 0. The van der Waals surface area contributed by atoms with E-state index in [1.807, 2.05) is 42.5 Å². The fraction of sp³-hybridized carbons (Fsp3) is 0.00943. The largest absolute Gasteiger partial charge is 0.455 e. The van der Waals surface area contributed by atoms with E-state index in [2.05, 4.69) is 336 Å². The van der Waals surface area contributed by atoms with Gasteiger partial charge in [-0.25, -0.2) is 15.0 Å². The van der Waals surface area contributed by atoms with Crippen molar-refractivity contribution in [2.24, 2.45) is 0 Å². The maximum atomic E-state index is 6.77. The van der Waals surface area contributed by atoms with E-state index in [0.717, 1.165) is 178 Å². The smallest absolute Gasteiger partial charge is 0.178 e. The molecule has 12 heterocycles. The minimum absolute atomic E-state index is 0.747. The van der Waals surface area contributed by atoms with Crippen LogP contribution in [0.1, 0.15) is 5.69 Å². The summed E-state index contributed by atoms with van der Waals surface area (Å²) in [5.41, 5.74) is 21.8. The molecule has 118 heavy (non-hydrogen) atoms. The van der Waals surface area contributed by atoms with E-state index >= 15 is 0 Å². The predicted octanol–water partition coefficient (Wildman–Crippen LogP) is 30.2. The first-order valence-electron chi connectivity index (χ1n) is 39.6. The van der Waals surface area contributed by atoms with Gasteiger partial charge in [-0.1, -0.05) is 267 Å². The number of thiophene rings is 2. The number of hydrogen-bond acceptors (Lipinski definition) is 9. The first kappa shape index (κ1) is 66.3. The Kier molecular flexibility index (Phi) is 14.5. The fourth-order valence-electron chi connectivity index (χ4n) is 18.6. The number of nitrogens with zero attached hydrogens (tertiary/aromatic N) is 6. The number of pyridine rings is 3. The number of benzene rings is 15. The lowest BCUT2D eigenvalue weighted by Crippen LogP contribution is -2.02. The van der Waals surface area contributed by atoms with Gasteiger partial charge in [0, 0.05) is 113 Å². The Morgan fingerprint density at radius 2 is 0.653 bits per heavy atom. The number of para-hydroxylation sites is 8. The third-order valence-corrected chi connectivity index (χ3v) is 26.3. The van der Waals surface area contributed by atoms with Gasteiger partial charge in [0.25, 0.3) is 0 Å². The molecule has 12 aromatic heterocycles. The summed E-state index contributed by atoms with van der Waals surface area (Å²) in [6.45, 7) is 2.14. The number of aryl methyl sites for hydroxylation is 1. The molecule has 0 fully saturated rings. The van der Waals surface area contributed by atoms with Gasteiger partial charge in [0.15, 0.2) is 33.5 Å². The van der Waals surface area contributed by atoms with Gasteiger partial charge in [0.2, 0.25) is 0 Å². The second-order valence-corrected chi connectivity index (χ2v) is 32.3. The van der Waals surface area contributed by atoms with E-state index in [9.17, 15) is 0 Å². The summed E-state index contributed by atoms with van der Waals surface area (Å²) in [7, 11) is 0. The van der Waals surface area contributed by atoms with Crippen LogP contribution in [-0.4, -0.2) is 28.7 Å². The molecule has 0 unspecified atom stereocenters. The van der Waals surface area contributed by atoms with Crippen molar-refractivity contribution in [3.05, 3.63) is 364 Å². The minimum atomic E-state index is 0.747. The van der Waals surface area contributed by atoms with Crippen molar-refractivity contribution in [3.8, 4) is 51.0 Å². The molecule has 552 valence electrons. The summed E-state index contributed by atoms with van der Waals surface area (Å²) < 4.78 is 38.0. The molecule has 0 aliphatic heterocycles. The fourth-order valence-corrected chi connectivity index (χ4v) is 21.0. The molecule has 0 radical (unpaired) electrons. The Hall–Kier alpha value is -15.2. The Morgan fingerprint density at radius 3 is 1.22 bits per heavy atom. The molecular formula is C106H62N6O4S2. The van der Waals surface area contributed by atoms with Crippen LogP contribution < -0.4 is 0 Å². The summed E-state index contributed by atoms with van der Waals surface area (Å²) in [6.07, 6.45) is 0. The van der Waals surface area contributed by atoms with Crippen molar-refractivity contribution in [2.45, 2.75) is 6.92 Å². The molecule has 0 amide bonds. The zero-order chi connectivity index (χ0) is 77.4. The van der Waals surface area contributed by atoms with Gasteiger partial charge in [-0.15, -0.1) is 22.7 Å². The lowest BCUT2D eigenvalue weighted by Gasteiger charge is -2.16. The van der Waals surface area contributed by atoms with Gasteiger partial charge in [-0.05, 0) is 109 Å². The highest BCUT2D eigenvalue weighted by molar-refractivity contribution is 7.27. The molecule has 10 nitrogen and oxygen atoms in total. The van der Waals surface area contributed by atoms with Gasteiger partial charge in [-0.3, -0.25) is 13.7 Å². The molecule has 0 atom stereocenters. The summed E-state index contributed by atoms with van der Waals surface area (Å²) in [6, 6.07) is 125. The molecule has 27 aromatic rings. The van der Waals surface area contributed by atoms with Crippen LogP contribution in [0, 0.1) is 6.92 Å². The Bertz CT molecular complexity index is 8360. The number of aromatic nitrogens is 6. The first-order valence-corrected chi connectivity index (χ1v) is 41.3. The van der Waals surface area contributed by atoms with E-state index in [0.29, 0.717) is 0 Å². The quantitative estimate of drug-likeness (QED) is 0.163. The Labute approximate surface area is 679 Å². The molecule has 12 heteroatoms. The van der Waals surface area contributed by atoms with E-state index in [1.165, 1.54) is 72.7 Å². The van der Waals surface area contributed by atoms with Crippen molar-refractivity contribution < 1.29 is 17.7 Å². The molecule has 27 rings (SSSR count). The van der Waals surface area contributed by atoms with E-state index in [1.54, 1.807) is 22.7 Å². The van der Waals surface area contributed by atoms with Crippen LogP contribution in [0.2, 0.25) is 0 Å². The Balaban J connectivity index is 0.0000000986. The van der Waals surface area contributed by atoms with Crippen molar-refractivity contribution in [2.75, 3.05) is 0 Å². The van der Waals surface area contributed by atoms with E-state index in [-0.39, 0.29) is 0 Å². The van der Waals surface area contributed by atoms with Crippen LogP contribution in [0.15, 0.2) is 376 Å². The normalized spacial score (nSPS) is 12.1. The van der Waals surface area contributed by atoms with Gasteiger partial charge < -0.3 is 17.7 Å². The zero-order valence-corrected chi connectivity index (χ0v) is 64.8. The van der Waals surface area contributed by atoms with Crippen LogP contribution in [0.3, 0.4) is 0 Å². The second-order valence-electron chi connectivity index (χ2n) is 30.3. The molecule has 15 aromatic carbocycles. The van der Waals surface area contributed by atoms with Crippen molar-refractivity contribution in [1.29, 1.82) is 0 Å². The van der Waals surface area contributed by atoms with Crippen molar-refractivity contribution in [1.82, 2.24) is 28.7 Å². The predicted molar refractivity (Wildman–Crippen MR) is 492 cm³/mol. The molecule has 0 bridgehead atoms. The van der Waals surface area contributed by atoms with Gasteiger partial charge >= 0.3 is 0 Å². The van der Waals surface area contributed by atoms with E-state index < -0.39 is 0 Å². The minimum Gasteiger partial charge on any atom is -0.455 e. The standard InChI is InChI=1S/C36H22N2OS.C35H20N2O2.C35H20N2OS/c1-21-34-32(27-20-19-26-25-15-7-10-18-30(25)39-33(26)35(27)40-34)31(22-11-3-2-4-12-22)36(37-21)38-28-16-8-5-13-23(28)24-14-6-9-17-29(24)38;1-2-10-21(11-3-1)32-33-27(26-19-18-25-24-14-6-9-17-30(24)38-34(25)35(26)39-33)20-31(36-32)37-28-15-7-4-12-22(28)23-13-5-8-16-29(23)37;1-2-10-21(11-3-1)27-20-31(37-28-15-7-4-12-22(28)23-13-5-8-16-29(23)37)36-32-26-19-18-25-24-14-6-9-17-30(24)39-35(25)34(26)38-33(27)32/h2-20H,1H3;2*1-20H. The molecule has 0 aliphatic carbocycles. The first-order chi connectivity index (χ1) is 58.5. The molecule has 0 saturated heterocycles. The monoisotopic (exact) mass is 1550 g/mol. The summed E-state index contributed by atoms with van der Waals surface area (Å²) >= 11 is 3.58. The van der Waals surface area contributed by atoms with Crippen LogP contribution in [-0.2, 0) is 0 Å². The zero-order valence-electron chi connectivity index (χ0n) is 63.2.